The zero-order chi connectivity index (χ0) is 8.54. The van der Waals surface area contributed by atoms with E-state index >= 15 is 0 Å². The SMILES string of the molecule is O[C@@]1(C(F)(F)F)CCCNC1. The van der Waals surface area contributed by atoms with Crippen molar-refractivity contribution in [3.8, 4) is 0 Å². The summed E-state index contributed by atoms with van der Waals surface area (Å²) < 4.78 is 36.1. The predicted octanol–water partition coefficient (Wildman–Crippen LogP) is 0.663. The molecule has 2 nitrogen and oxygen atoms in total. The lowest BCUT2D eigenvalue weighted by atomic mass is 9.94. The van der Waals surface area contributed by atoms with Gasteiger partial charge in [-0.15, -0.1) is 0 Å². The van der Waals surface area contributed by atoms with Gasteiger partial charge in [-0.1, -0.05) is 0 Å². The second kappa shape index (κ2) is 2.64. The molecule has 1 atom stereocenters. The van der Waals surface area contributed by atoms with Gasteiger partial charge < -0.3 is 10.4 Å². The van der Waals surface area contributed by atoms with Crippen LogP contribution in [-0.2, 0) is 0 Å². The van der Waals surface area contributed by atoms with Gasteiger partial charge in [-0.25, -0.2) is 0 Å². The number of nitrogens with one attached hydrogen (secondary N) is 1. The largest absolute Gasteiger partial charge is 0.418 e. The molecule has 1 saturated heterocycles. The molecule has 0 amide bonds. The Morgan fingerprint density at radius 3 is 2.27 bits per heavy atom. The summed E-state index contributed by atoms with van der Waals surface area (Å²) in [6.07, 6.45) is -4.32. The lowest BCUT2D eigenvalue weighted by Crippen LogP contribution is -2.55. The molecule has 0 bridgehead atoms. The molecule has 0 aromatic rings. The van der Waals surface area contributed by atoms with Crippen molar-refractivity contribution in [3.63, 3.8) is 0 Å². The van der Waals surface area contributed by atoms with Gasteiger partial charge in [-0.3, -0.25) is 0 Å². The maximum atomic E-state index is 12.0. The van der Waals surface area contributed by atoms with E-state index in [-0.39, 0.29) is 13.0 Å². The third-order valence-corrected chi connectivity index (χ3v) is 1.89. The molecule has 5 heteroatoms. The minimum absolute atomic E-state index is 0.191. The summed E-state index contributed by atoms with van der Waals surface area (Å²) >= 11 is 0. The van der Waals surface area contributed by atoms with Gasteiger partial charge in [-0.2, -0.15) is 13.2 Å². The number of halogens is 3. The molecule has 0 spiro atoms. The Kier molecular flexibility index (Phi) is 2.11. The van der Waals surface area contributed by atoms with Crippen molar-refractivity contribution in [1.82, 2.24) is 5.32 Å². The van der Waals surface area contributed by atoms with Crippen molar-refractivity contribution < 1.29 is 18.3 Å². The molecule has 11 heavy (non-hydrogen) atoms. The van der Waals surface area contributed by atoms with Crippen LogP contribution in [0.15, 0.2) is 0 Å². The summed E-state index contributed by atoms with van der Waals surface area (Å²) in [4.78, 5) is 0. The van der Waals surface area contributed by atoms with Gasteiger partial charge in [0, 0.05) is 6.54 Å². The molecule has 1 aliphatic heterocycles. The summed E-state index contributed by atoms with van der Waals surface area (Å²) in [6.45, 7) is 0.175. The van der Waals surface area contributed by atoms with Crippen LogP contribution in [0.3, 0.4) is 0 Å². The summed E-state index contributed by atoms with van der Waals surface area (Å²) in [5.74, 6) is 0. The quantitative estimate of drug-likeness (QED) is 0.558. The van der Waals surface area contributed by atoms with Crippen LogP contribution in [0, 0.1) is 0 Å². The van der Waals surface area contributed by atoms with Crippen molar-refractivity contribution in [3.05, 3.63) is 0 Å². The van der Waals surface area contributed by atoms with Crippen LogP contribution >= 0.6 is 0 Å². The molecule has 0 saturated carbocycles. The summed E-state index contributed by atoms with van der Waals surface area (Å²) in [7, 11) is 0. The van der Waals surface area contributed by atoms with Gasteiger partial charge >= 0.3 is 6.18 Å². The van der Waals surface area contributed by atoms with Crippen LogP contribution in [-0.4, -0.2) is 30.0 Å². The van der Waals surface area contributed by atoms with E-state index in [1.165, 1.54) is 0 Å². The topological polar surface area (TPSA) is 32.3 Å². The molecular formula is C6H10F3NO. The number of hydrogen-bond donors (Lipinski definition) is 2. The van der Waals surface area contributed by atoms with Gasteiger partial charge in [0.2, 0.25) is 0 Å². The molecule has 0 unspecified atom stereocenters. The normalized spacial score (nSPS) is 33.8. The molecule has 1 fully saturated rings. The highest BCUT2D eigenvalue weighted by molar-refractivity contribution is 4.91. The first-order valence-corrected chi connectivity index (χ1v) is 3.45. The zero-order valence-electron chi connectivity index (χ0n) is 5.91. The van der Waals surface area contributed by atoms with Gasteiger partial charge in [0.1, 0.15) is 0 Å². The Morgan fingerprint density at radius 1 is 1.36 bits per heavy atom. The molecule has 1 aliphatic rings. The second-order valence-electron chi connectivity index (χ2n) is 2.81. The number of hydrogen-bond acceptors (Lipinski definition) is 2. The van der Waals surface area contributed by atoms with Crippen molar-refractivity contribution in [2.45, 2.75) is 24.6 Å². The first-order valence-electron chi connectivity index (χ1n) is 3.45. The third-order valence-electron chi connectivity index (χ3n) is 1.89. The van der Waals surface area contributed by atoms with E-state index < -0.39 is 11.8 Å². The minimum Gasteiger partial charge on any atom is -0.379 e. The zero-order valence-corrected chi connectivity index (χ0v) is 5.91. The van der Waals surface area contributed by atoms with Crippen molar-refractivity contribution in [2.24, 2.45) is 0 Å². The van der Waals surface area contributed by atoms with Crippen LogP contribution in [0.4, 0.5) is 13.2 Å². The Bertz CT molecular complexity index is 139. The maximum absolute atomic E-state index is 12.0. The average molecular weight is 169 g/mol. The van der Waals surface area contributed by atoms with Crippen molar-refractivity contribution in [2.75, 3.05) is 13.1 Å². The van der Waals surface area contributed by atoms with E-state index in [0.29, 0.717) is 13.0 Å². The number of rotatable bonds is 0. The lowest BCUT2D eigenvalue weighted by Gasteiger charge is -2.34. The van der Waals surface area contributed by atoms with E-state index in [1.807, 2.05) is 0 Å². The first-order chi connectivity index (χ1) is 4.96. The van der Waals surface area contributed by atoms with Gasteiger partial charge in [0.25, 0.3) is 0 Å². The summed E-state index contributed by atoms with van der Waals surface area (Å²) in [6, 6.07) is 0. The van der Waals surface area contributed by atoms with Gasteiger partial charge in [0.05, 0.1) is 0 Å². The fourth-order valence-corrected chi connectivity index (χ4v) is 1.13. The van der Waals surface area contributed by atoms with Crippen LogP contribution in [0.1, 0.15) is 12.8 Å². The highest BCUT2D eigenvalue weighted by Crippen LogP contribution is 2.34. The highest BCUT2D eigenvalue weighted by Gasteiger charge is 2.53. The van der Waals surface area contributed by atoms with E-state index in [1.54, 1.807) is 0 Å². The number of piperidine rings is 1. The summed E-state index contributed by atoms with van der Waals surface area (Å²) in [5.41, 5.74) is -2.49. The van der Waals surface area contributed by atoms with Crippen LogP contribution < -0.4 is 5.32 Å². The number of aliphatic hydroxyl groups is 1. The Labute approximate surface area is 62.4 Å². The molecule has 66 valence electrons. The third kappa shape index (κ3) is 1.65. The molecule has 0 radical (unpaired) electrons. The van der Waals surface area contributed by atoms with Gasteiger partial charge in [0.15, 0.2) is 5.60 Å². The Balaban J connectivity index is 2.64. The molecule has 0 aliphatic carbocycles. The van der Waals surface area contributed by atoms with Crippen molar-refractivity contribution >= 4 is 0 Å². The van der Waals surface area contributed by atoms with E-state index in [0.717, 1.165) is 0 Å². The fourth-order valence-electron chi connectivity index (χ4n) is 1.13. The molecular weight excluding hydrogens is 159 g/mol. The van der Waals surface area contributed by atoms with Crippen LogP contribution in [0.25, 0.3) is 0 Å². The van der Waals surface area contributed by atoms with Gasteiger partial charge in [-0.05, 0) is 19.4 Å². The highest BCUT2D eigenvalue weighted by atomic mass is 19.4. The standard InChI is InChI=1S/C6H10F3NO/c7-6(8,9)5(11)2-1-3-10-4-5/h10-11H,1-4H2/t5-/m0/s1. The second-order valence-corrected chi connectivity index (χ2v) is 2.81. The minimum atomic E-state index is -4.50. The Hall–Kier alpha value is -0.290. The Morgan fingerprint density at radius 2 is 2.00 bits per heavy atom. The summed E-state index contributed by atoms with van der Waals surface area (Å²) in [5, 5.41) is 11.5. The van der Waals surface area contributed by atoms with Crippen LogP contribution in [0.2, 0.25) is 0 Å². The average Bonchev–Trinajstić information content (AvgIpc) is 1.87. The van der Waals surface area contributed by atoms with E-state index in [2.05, 4.69) is 5.32 Å². The fraction of sp³-hybridized carbons (Fsp3) is 1.00. The maximum Gasteiger partial charge on any atom is 0.418 e. The molecule has 1 heterocycles. The lowest BCUT2D eigenvalue weighted by molar-refractivity contribution is -0.264. The molecule has 1 rings (SSSR count). The van der Waals surface area contributed by atoms with E-state index in [9.17, 15) is 13.2 Å². The molecule has 2 N–H and O–H groups in total. The van der Waals surface area contributed by atoms with Crippen LogP contribution in [0.5, 0.6) is 0 Å². The smallest absolute Gasteiger partial charge is 0.379 e. The number of β-amino-alcohol motifs (C(OH)–C–C–N with tert-alkyl or cyclic N) is 1. The van der Waals surface area contributed by atoms with E-state index in [4.69, 9.17) is 5.11 Å². The first kappa shape index (κ1) is 8.80. The number of alkyl halides is 3. The molecule has 0 aromatic heterocycles. The molecule has 0 aromatic carbocycles. The predicted molar refractivity (Wildman–Crippen MR) is 33.1 cm³/mol. The van der Waals surface area contributed by atoms with Crippen molar-refractivity contribution in [1.29, 1.82) is 0 Å². The monoisotopic (exact) mass is 169 g/mol.